The van der Waals surface area contributed by atoms with Crippen molar-refractivity contribution in [2.24, 2.45) is 11.7 Å². The number of rotatable bonds is 3. The quantitative estimate of drug-likeness (QED) is 0.911. The lowest BCUT2D eigenvalue weighted by Crippen LogP contribution is -2.16. The molecule has 0 saturated carbocycles. The average molecular weight is 286 g/mol. The Bertz CT molecular complexity index is 584. The number of benzene rings is 1. The van der Waals surface area contributed by atoms with Gasteiger partial charge in [0.15, 0.2) is 0 Å². The molecule has 0 saturated heterocycles. The van der Waals surface area contributed by atoms with E-state index in [1.54, 1.807) is 0 Å². The molecular formula is C17H22N2S. The maximum Gasteiger partial charge on any atom is 0.123 e. The fraction of sp³-hybridized carbons (Fsp3) is 0.471. The highest BCUT2D eigenvalue weighted by molar-refractivity contribution is 7.15. The highest BCUT2D eigenvalue weighted by atomic mass is 32.1. The van der Waals surface area contributed by atoms with Gasteiger partial charge in [-0.25, -0.2) is 4.98 Å². The number of hydrogen-bond acceptors (Lipinski definition) is 3. The first-order valence-electron chi connectivity index (χ1n) is 7.48. The molecule has 1 aliphatic carbocycles. The lowest BCUT2D eigenvalue weighted by molar-refractivity contribution is 0.564. The fourth-order valence-corrected chi connectivity index (χ4v) is 4.01. The predicted octanol–water partition coefficient (Wildman–Crippen LogP) is 4.34. The van der Waals surface area contributed by atoms with Gasteiger partial charge in [-0.15, -0.1) is 11.3 Å². The summed E-state index contributed by atoms with van der Waals surface area (Å²) < 4.78 is 0. The lowest BCUT2D eigenvalue weighted by Gasteiger charge is -2.15. The van der Waals surface area contributed by atoms with Crippen molar-refractivity contribution in [1.29, 1.82) is 0 Å². The molecule has 3 rings (SSSR count). The summed E-state index contributed by atoms with van der Waals surface area (Å²) in [5.41, 5.74) is 9.93. The van der Waals surface area contributed by atoms with E-state index in [9.17, 15) is 0 Å². The van der Waals surface area contributed by atoms with Crippen molar-refractivity contribution >= 4 is 11.3 Å². The minimum absolute atomic E-state index is 0.143. The monoisotopic (exact) mass is 286 g/mol. The van der Waals surface area contributed by atoms with E-state index in [-0.39, 0.29) is 6.04 Å². The van der Waals surface area contributed by atoms with E-state index in [1.165, 1.54) is 22.4 Å². The topological polar surface area (TPSA) is 38.9 Å². The first-order chi connectivity index (χ1) is 9.63. The van der Waals surface area contributed by atoms with Gasteiger partial charge in [-0.3, -0.25) is 0 Å². The summed E-state index contributed by atoms with van der Waals surface area (Å²) in [5, 5.41) is 1.13. The van der Waals surface area contributed by atoms with Crippen molar-refractivity contribution in [3.05, 3.63) is 40.4 Å². The van der Waals surface area contributed by atoms with Gasteiger partial charge >= 0.3 is 0 Å². The number of nitrogens with two attached hydrogens (primary N) is 1. The molecule has 0 radical (unpaired) electrons. The highest BCUT2D eigenvalue weighted by Crippen LogP contribution is 2.36. The highest BCUT2D eigenvalue weighted by Gasteiger charge is 2.22. The van der Waals surface area contributed by atoms with Crippen molar-refractivity contribution in [3.63, 3.8) is 0 Å². The van der Waals surface area contributed by atoms with Gasteiger partial charge in [-0.1, -0.05) is 38.1 Å². The summed E-state index contributed by atoms with van der Waals surface area (Å²) in [6, 6.07) is 9.01. The zero-order valence-corrected chi connectivity index (χ0v) is 13.0. The van der Waals surface area contributed by atoms with Crippen molar-refractivity contribution < 1.29 is 0 Å². The summed E-state index contributed by atoms with van der Waals surface area (Å²) in [7, 11) is 0. The maximum atomic E-state index is 6.16. The van der Waals surface area contributed by atoms with Crippen molar-refractivity contribution in [2.75, 3.05) is 0 Å². The number of aryl methyl sites for hydroxylation is 1. The van der Waals surface area contributed by atoms with E-state index in [0.717, 1.165) is 30.0 Å². The first kappa shape index (κ1) is 13.8. The molecule has 2 N–H and O–H groups in total. The van der Waals surface area contributed by atoms with Crippen molar-refractivity contribution in [2.45, 2.75) is 45.6 Å². The maximum absolute atomic E-state index is 6.16. The Hall–Kier alpha value is -1.19. The summed E-state index contributed by atoms with van der Waals surface area (Å²) >= 11 is 1.82. The number of hydrogen-bond donors (Lipinski definition) is 1. The Balaban J connectivity index is 1.86. The third kappa shape index (κ3) is 2.79. The van der Waals surface area contributed by atoms with Gasteiger partial charge in [0.1, 0.15) is 5.01 Å². The van der Waals surface area contributed by atoms with Crippen LogP contribution in [0.2, 0.25) is 0 Å². The largest absolute Gasteiger partial charge is 0.323 e. The van der Waals surface area contributed by atoms with Crippen LogP contribution in [0.25, 0.3) is 10.6 Å². The van der Waals surface area contributed by atoms with Crippen LogP contribution in [0.15, 0.2) is 24.3 Å². The molecule has 1 unspecified atom stereocenters. The van der Waals surface area contributed by atoms with Gasteiger partial charge in [0.2, 0.25) is 0 Å². The normalized spacial score (nSPS) is 18.3. The number of nitrogens with zero attached hydrogens (tertiary/aromatic N) is 1. The van der Waals surface area contributed by atoms with Crippen LogP contribution in [-0.2, 0) is 12.8 Å². The third-order valence-corrected chi connectivity index (χ3v) is 5.02. The second-order valence-electron chi connectivity index (χ2n) is 6.12. The Morgan fingerprint density at radius 2 is 2.05 bits per heavy atom. The molecule has 20 heavy (non-hydrogen) atoms. The number of thiazole rings is 1. The SMILES string of the molecule is CC(C)Cc1ccc(-c2nc3c(s2)CCCC3N)cc1. The molecule has 1 aliphatic rings. The summed E-state index contributed by atoms with van der Waals surface area (Å²) in [5.74, 6) is 0.700. The first-order valence-corrected chi connectivity index (χ1v) is 8.29. The van der Waals surface area contributed by atoms with Crippen molar-refractivity contribution in [1.82, 2.24) is 4.98 Å². The molecule has 0 bridgehead atoms. The van der Waals surface area contributed by atoms with Gasteiger partial charge in [-0.05, 0) is 37.2 Å². The van der Waals surface area contributed by atoms with E-state index in [0.29, 0.717) is 5.92 Å². The van der Waals surface area contributed by atoms with E-state index in [1.807, 2.05) is 11.3 Å². The Morgan fingerprint density at radius 3 is 2.70 bits per heavy atom. The van der Waals surface area contributed by atoms with E-state index >= 15 is 0 Å². The molecule has 1 atom stereocenters. The van der Waals surface area contributed by atoms with E-state index in [2.05, 4.69) is 38.1 Å². The van der Waals surface area contributed by atoms with Crippen LogP contribution in [-0.4, -0.2) is 4.98 Å². The van der Waals surface area contributed by atoms with Crippen LogP contribution in [0.4, 0.5) is 0 Å². The molecular weight excluding hydrogens is 264 g/mol. The zero-order valence-electron chi connectivity index (χ0n) is 12.2. The molecule has 1 aromatic heterocycles. The minimum atomic E-state index is 0.143. The molecule has 3 heteroatoms. The Kier molecular flexibility index (Phi) is 3.90. The van der Waals surface area contributed by atoms with Gasteiger partial charge < -0.3 is 5.73 Å². The molecule has 2 aromatic rings. The van der Waals surface area contributed by atoms with Crippen molar-refractivity contribution in [3.8, 4) is 10.6 Å². The Labute approximate surface area is 125 Å². The van der Waals surface area contributed by atoms with Crippen LogP contribution in [0.3, 0.4) is 0 Å². The molecule has 0 spiro atoms. The summed E-state index contributed by atoms with van der Waals surface area (Å²) in [4.78, 5) is 6.18. The number of fused-ring (bicyclic) bond motifs is 1. The van der Waals surface area contributed by atoms with Crippen LogP contribution in [0, 0.1) is 5.92 Å². The molecule has 0 fully saturated rings. The smallest absolute Gasteiger partial charge is 0.123 e. The van der Waals surface area contributed by atoms with Crippen LogP contribution in [0.5, 0.6) is 0 Å². The number of aromatic nitrogens is 1. The zero-order chi connectivity index (χ0) is 14.1. The van der Waals surface area contributed by atoms with Gasteiger partial charge in [0.05, 0.1) is 5.69 Å². The molecule has 2 nitrogen and oxygen atoms in total. The molecule has 106 valence electrons. The van der Waals surface area contributed by atoms with E-state index in [4.69, 9.17) is 10.7 Å². The fourth-order valence-electron chi connectivity index (χ4n) is 2.83. The van der Waals surface area contributed by atoms with Gasteiger partial charge in [-0.2, -0.15) is 0 Å². The predicted molar refractivity (Wildman–Crippen MR) is 86.0 cm³/mol. The average Bonchev–Trinajstić information content (AvgIpc) is 2.84. The van der Waals surface area contributed by atoms with Crippen LogP contribution < -0.4 is 5.73 Å². The molecule has 1 heterocycles. The lowest BCUT2D eigenvalue weighted by atomic mass is 9.98. The minimum Gasteiger partial charge on any atom is -0.323 e. The molecule has 0 amide bonds. The van der Waals surface area contributed by atoms with Gasteiger partial charge in [0, 0.05) is 16.5 Å². The second kappa shape index (κ2) is 5.66. The third-order valence-electron chi connectivity index (χ3n) is 3.84. The summed E-state index contributed by atoms with van der Waals surface area (Å²) in [6.07, 6.45) is 4.55. The Morgan fingerprint density at radius 1 is 1.30 bits per heavy atom. The summed E-state index contributed by atoms with van der Waals surface area (Å²) in [6.45, 7) is 4.51. The van der Waals surface area contributed by atoms with Crippen LogP contribution >= 0.6 is 11.3 Å². The molecule has 1 aromatic carbocycles. The van der Waals surface area contributed by atoms with Crippen LogP contribution in [0.1, 0.15) is 48.9 Å². The second-order valence-corrected chi connectivity index (χ2v) is 7.20. The molecule has 0 aliphatic heterocycles. The van der Waals surface area contributed by atoms with E-state index < -0.39 is 0 Å². The van der Waals surface area contributed by atoms with Gasteiger partial charge in [0.25, 0.3) is 0 Å². The standard InChI is InChI=1S/C17H22N2S/c1-11(2)10-12-6-8-13(9-7-12)17-19-16-14(18)4-3-5-15(16)20-17/h6-9,11,14H,3-5,10,18H2,1-2H3.